The average molecular weight is 220 g/mol. The first-order valence-electron chi connectivity index (χ1n) is 5.62. The molecule has 3 rings (SSSR count). The Morgan fingerprint density at radius 3 is 1.41 bits per heavy atom. The third-order valence-corrected chi connectivity index (χ3v) is 3.09. The maximum absolute atomic E-state index is 4.03. The molecule has 1 aliphatic heterocycles. The highest BCUT2D eigenvalue weighted by atomic mass is 15.2. The van der Waals surface area contributed by atoms with Crippen LogP contribution in [0.25, 0.3) is 0 Å². The van der Waals surface area contributed by atoms with Gasteiger partial charge in [-0.25, -0.2) is 0 Å². The fourth-order valence-electron chi connectivity index (χ4n) is 2.17. The lowest BCUT2D eigenvalue weighted by Crippen LogP contribution is -2.29. The zero-order valence-corrected chi connectivity index (χ0v) is 9.32. The molecule has 0 spiro atoms. The zero-order chi connectivity index (χ0) is 11.6. The van der Waals surface area contributed by atoms with E-state index in [0.717, 1.165) is 0 Å². The number of hydrogen-bond acceptors (Lipinski definition) is 2. The van der Waals surface area contributed by atoms with E-state index in [1.54, 1.807) is 0 Å². The maximum Gasteiger partial charge on any atom is 0.0943 e. The fourth-order valence-corrected chi connectivity index (χ4v) is 2.17. The largest absolute Gasteiger partial charge is 0.162 e. The number of benzene rings is 2. The molecule has 1 heterocycles. The van der Waals surface area contributed by atoms with E-state index in [4.69, 9.17) is 0 Å². The van der Waals surface area contributed by atoms with Crippen molar-refractivity contribution in [1.82, 2.24) is 0 Å². The minimum Gasteiger partial charge on any atom is -0.162 e. The van der Waals surface area contributed by atoms with Crippen LogP contribution in [0.5, 0.6) is 0 Å². The van der Waals surface area contributed by atoms with E-state index in [-0.39, 0.29) is 5.41 Å². The summed E-state index contributed by atoms with van der Waals surface area (Å²) >= 11 is 0. The molecule has 2 heteroatoms. The molecule has 2 nitrogen and oxygen atoms in total. The Bertz CT molecular complexity index is 502. The van der Waals surface area contributed by atoms with Crippen molar-refractivity contribution in [3.8, 4) is 0 Å². The molecule has 1 aliphatic rings. The van der Waals surface area contributed by atoms with Crippen molar-refractivity contribution in [3.63, 3.8) is 0 Å². The summed E-state index contributed by atoms with van der Waals surface area (Å²) in [7, 11) is 0. The van der Waals surface area contributed by atoms with Crippen LogP contribution < -0.4 is 0 Å². The highest BCUT2D eigenvalue weighted by Gasteiger charge is 2.33. The molecule has 0 bridgehead atoms. The third-order valence-electron chi connectivity index (χ3n) is 3.09. The average Bonchev–Trinajstić information content (AvgIpc) is 2.91. The number of nitrogens with zero attached hydrogens (tertiary/aromatic N) is 2. The highest BCUT2D eigenvalue weighted by Crippen LogP contribution is 2.31. The number of rotatable bonds is 2. The summed E-state index contributed by atoms with van der Waals surface area (Å²) in [4.78, 5) is 0. The van der Waals surface area contributed by atoms with Crippen LogP contribution in [0.4, 0.5) is 0 Å². The van der Waals surface area contributed by atoms with Crippen molar-refractivity contribution in [2.45, 2.75) is 5.41 Å². The predicted octanol–water partition coefficient (Wildman–Crippen LogP) is 3.04. The smallest absolute Gasteiger partial charge is 0.0943 e. The van der Waals surface area contributed by atoms with Crippen molar-refractivity contribution >= 4 is 12.4 Å². The Balaban J connectivity index is 2.19. The van der Waals surface area contributed by atoms with Crippen molar-refractivity contribution in [1.29, 1.82) is 0 Å². The van der Waals surface area contributed by atoms with Gasteiger partial charge in [-0.2, -0.15) is 10.2 Å². The molecule has 0 N–H and O–H groups in total. The molecular formula is C15H12N2. The molecule has 0 fully saturated rings. The van der Waals surface area contributed by atoms with Crippen LogP contribution in [0, 0.1) is 0 Å². The van der Waals surface area contributed by atoms with Gasteiger partial charge in [0.1, 0.15) is 0 Å². The first-order valence-corrected chi connectivity index (χ1v) is 5.62. The van der Waals surface area contributed by atoms with Crippen molar-refractivity contribution in [2.75, 3.05) is 0 Å². The lowest BCUT2D eigenvalue weighted by molar-refractivity contribution is 0.981. The molecule has 2 aromatic carbocycles. The summed E-state index contributed by atoms with van der Waals surface area (Å²) in [6.45, 7) is 0. The van der Waals surface area contributed by atoms with Gasteiger partial charge < -0.3 is 0 Å². The molecule has 0 amide bonds. The van der Waals surface area contributed by atoms with E-state index in [0.29, 0.717) is 0 Å². The van der Waals surface area contributed by atoms with Crippen LogP contribution in [-0.2, 0) is 5.41 Å². The quantitative estimate of drug-likeness (QED) is 0.743. The standard InChI is InChI=1S/C15H12N2/c1-3-7-13(8-4-1)15(11-16-17-12-15)14-9-5-2-6-10-14/h1-12H. The lowest BCUT2D eigenvalue weighted by atomic mass is 9.77. The van der Waals surface area contributed by atoms with Crippen LogP contribution in [0.15, 0.2) is 70.9 Å². The summed E-state index contributed by atoms with van der Waals surface area (Å²) in [5.41, 5.74) is 2.08. The second-order valence-electron chi connectivity index (χ2n) is 4.09. The fraction of sp³-hybridized carbons (Fsp3) is 0.0667. The SMILES string of the molecule is C1=NN=CC1(c1ccccc1)c1ccccc1. The van der Waals surface area contributed by atoms with Gasteiger partial charge in [-0.15, -0.1) is 0 Å². The molecular weight excluding hydrogens is 208 g/mol. The Morgan fingerprint density at radius 1 is 0.588 bits per heavy atom. The van der Waals surface area contributed by atoms with Crippen molar-refractivity contribution < 1.29 is 0 Å². The van der Waals surface area contributed by atoms with Crippen LogP contribution >= 0.6 is 0 Å². The van der Waals surface area contributed by atoms with E-state index in [1.807, 2.05) is 48.8 Å². The number of hydrogen-bond donors (Lipinski definition) is 0. The minimum absolute atomic E-state index is 0.303. The summed E-state index contributed by atoms with van der Waals surface area (Å²) in [5, 5.41) is 8.07. The molecule has 0 radical (unpaired) electrons. The predicted molar refractivity (Wildman–Crippen MR) is 70.6 cm³/mol. The molecule has 0 atom stereocenters. The van der Waals surface area contributed by atoms with Gasteiger partial charge in [0.25, 0.3) is 0 Å². The van der Waals surface area contributed by atoms with Crippen LogP contribution in [0.2, 0.25) is 0 Å². The Kier molecular flexibility index (Phi) is 2.33. The Morgan fingerprint density at radius 2 is 1.00 bits per heavy atom. The normalized spacial score (nSPS) is 16.2. The van der Waals surface area contributed by atoms with Crippen molar-refractivity contribution in [2.24, 2.45) is 10.2 Å². The van der Waals surface area contributed by atoms with Crippen molar-refractivity contribution in [3.05, 3.63) is 71.8 Å². The summed E-state index contributed by atoms with van der Waals surface area (Å²) in [6, 6.07) is 20.6. The maximum atomic E-state index is 4.03. The molecule has 2 aromatic rings. The summed E-state index contributed by atoms with van der Waals surface area (Å²) in [6.07, 6.45) is 3.80. The van der Waals surface area contributed by atoms with Gasteiger partial charge in [0.05, 0.1) is 5.41 Å². The third kappa shape index (κ3) is 1.58. The molecule has 17 heavy (non-hydrogen) atoms. The van der Waals surface area contributed by atoms with Gasteiger partial charge in [0, 0.05) is 12.4 Å². The first-order chi connectivity index (χ1) is 8.42. The Labute approximate surface area is 100 Å². The van der Waals surface area contributed by atoms with Crippen LogP contribution in [0.1, 0.15) is 11.1 Å². The van der Waals surface area contributed by atoms with Crippen LogP contribution in [-0.4, -0.2) is 12.4 Å². The van der Waals surface area contributed by atoms with E-state index in [9.17, 15) is 0 Å². The topological polar surface area (TPSA) is 24.7 Å². The molecule has 0 unspecified atom stereocenters. The minimum atomic E-state index is -0.303. The first kappa shape index (κ1) is 9.97. The van der Waals surface area contributed by atoms with Gasteiger partial charge >= 0.3 is 0 Å². The summed E-state index contributed by atoms with van der Waals surface area (Å²) < 4.78 is 0. The van der Waals surface area contributed by atoms with E-state index in [1.165, 1.54) is 11.1 Å². The molecule has 0 aliphatic carbocycles. The second kappa shape index (κ2) is 3.98. The van der Waals surface area contributed by atoms with Gasteiger partial charge in [0.2, 0.25) is 0 Å². The Hall–Kier alpha value is -2.22. The highest BCUT2D eigenvalue weighted by molar-refractivity contribution is 6.03. The van der Waals surface area contributed by atoms with Gasteiger partial charge in [-0.3, -0.25) is 0 Å². The summed E-state index contributed by atoms with van der Waals surface area (Å²) in [5.74, 6) is 0. The van der Waals surface area contributed by atoms with E-state index >= 15 is 0 Å². The lowest BCUT2D eigenvalue weighted by Gasteiger charge is -2.23. The van der Waals surface area contributed by atoms with Crippen LogP contribution in [0.3, 0.4) is 0 Å². The molecule has 0 saturated heterocycles. The van der Waals surface area contributed by atoms with Gasteiger partial charge in [-0.1, -0.05) is 60.7 Å². The monoisotopic (exact) mass is 220 g/mol. The molecule has 82 valence electrons. The van der Waals surface area contributed by atoms with Gasteiger partial charge in [0.15, 0.2) is 0 Å². The molecule has 0 saturated carbocycles. The van der Waals surface area contributed by atoms with Gasteiger partial charge in [-0.05, 0) is 11.1 Å². The molecule has 0 aromatic heterocycles. The van der Waals surface area contributed by atoms with E-state index in [2.05, 4.69) is 34.5 Å². The van der Waals surface area contributed by atoms with E-state index < -0.39 is 0 Å². The zero-order valence-electron chi connectivity index (χ0n) is 9.32. The second-order valence-corrected chi connectivity index (χ2v) is 4.09.